The molecular weight excluding hydrogens is 234 g/mol. The number of carbonyl (C=O) groups excluding carboxylic acids is 1. The zero-order valence-electron chi connectivity index (χ0n) is 13.5. The monoisotopic (exact) mass is 267 g/mol. The SMILES string of the molecule is CCC(C)(CC)CCCC(=O)CC1CCN(C)CC1. The van der Waals surface area contributed by atoms with Gasteiger partial charge in [0, 0.05) is 12.8 Å². The van der Waals surface area contributed by atoms with Gasteiger partial charge in [-0.15, -0.1) is 0 Å². The fourth-order valence-corrected chi connectivity index (χ4v) is 3.01. The van der Waals surface area contributed by atoms with Crippen molar-refractivity contribution in [3.05, 3.63) is 0 Å². The van der Waals surface area contributed by atoms with Gasteiger partial charge in [-0.1, -0.05) is 33.6 Å². The molecule has 0 radical (unpaired) electrons. The van der Waals surface area contributed by atoms with Gasteiger partial charge in [-0.2, -0.15) is 0 Å². The van der Waals surface area contributed by atoms with Gasteiger partial charge in [-0.3, -0.25) is 4.79 Å². The fraction of sp³-hybridized carbons (Fsp3) is 0.941. The minimum absolute atomic E-state index is 0.452. The molecule has 0 aliphatic carbocycles. The molecule has 2 nitrogen and oxygen atoms in total. The van der Waals surface area contributed by atoms with E-state index in [0.29, 0.717) is 17.1 Å². The van der Waals surface area contributed by atoms with Gasteiger partial charge in [-0.05, 0) is 57.2 Å². The molecule has 0 aromatic heterocycles. The number of nitrogens with zero attached hydrogens (tertiary/aromatic N) is 1. The van der Waals surface area contributed by atoms with Crippen molar-refractivity contribution in [3.63, 3.8) is 0 Å². The minimum atomic E-state index is 0.452. The van der Waals surface area contributed by atoms with E-state index < -0.39 is 0 Å². The molecule has 1 aliphatic heterocycles. The number of carbonyl (C=O) groups is 1. The lowest BCUT2D eigenvalue weighted by Gasteiger charge is -2.29. The number of Topliss-reactive ketones (excluding diaryl/α,β-unsaturated/α-hetero) is 1. The largest absolute Gasteiger partial charge is 0.306 e. The van der Waals surface area contributed by atoms with Gasteiger partial charge in [0.05, 0.1) is 0 Å². The van der Waals surface area contributed by atoms with E-state index in [4.69, 9.17) is 0 Å². The Kier molecular flexibility index (Phi) is 7.06. The number of piperidine rings is 1. The van der Waals surface area contributed by atoms with Crippen LogP contribution in [-0.4, -0.2) is 30.8 Å². The van der Waals surface area contributed by atoms with E-state index >= 15 is 0 Å². The van der Waals surface area contributed by atoms with Crippen molar-refractivity contribution in [3.8, 4) is 0 Å². The Morgan fingerprint density at radius 1 is 1.21 bits per heavy atom. The summed E-state index contributed by atoms with van der Waals surface area (Å²) in [6.45, 7) is 9.23. The molecule has 19 heavy (non-hydrogen) atoms. The second-order valence-corrected chi connectivity index (χ2v) is 6.86. The van der Waals surface area contributed by atoms with Crippen molar-refractivity contribution < 1.29 is 4.79 Å². The molecule has 1 heterocycles. The van der Waals surface area contributed by atoms with E-state index in [1.807, 2.05) is 0 Å². The second-order valence-electron chi connectivity index (χ2n) is 6.86. The molecule has 1 aliphatic rings. The summed E-state index contributed by atoms with van der Waals surface area (Å²) in [5.41, 5.74) is 0.452. The van der Waals surface area contributed by atoms with Crippen molar-refractivity contribution in [2.75, 3.05) is 20.1 Å². The van der Waals surface area contributed by atoms with Crippen LogP contribution in [0.15, 0.2) is 0 Å². The Bertz CT molecular complexity index is 262. The maximum Gasteiger partial charge on any atom is 0.133 e. The maximum atomic E-state index is 12.0. The van der Waals surface area contributed by atoms with Crippen LogP contribution < -0.4 is 0 Å². The van der Waals surface area contributed by atoms with Crippen LogP contribution in [0.25, 0.3) is 0 Å². The number of hydrogen-bond acceptors (Lipinski definition) is 2. The predicted molar refractivity (Wildman–Crippen MR) is 82.4 cm³/mol. The third-order valence-electron chi connectivity index (χ3n) is 5.30. The van der Waals surface area contributed by atoms with Crippen molar-refractivity contribution in [1.82, 2.24) is 4.90 Å². The molecular formula is C17H33NO. The van der Waals surface area contributed by atoms with Crippen LogP contribution in [-0.2, 0) is 4.79 Å². The number of likely N-dealkylation sites (tertiary alicyclic amines) is 1. The average molecular weight is 267 g/mol. The summed E-state index contributed by atoms with van der Waals surface area (Å²) in [5, 5.41) is 0. The van der Waals surface area contributed by atoms with Crippen molar-refractivity contribution in [2.24, 2.45) is 11.3 Å². The summed E-state index contributed by atoms with van der Waals surface area (Å²) in [7, 11) is 2.17. The lowest BCUT2D eigenvalue weighted by atomic mass is 9.79. The first-order valence-corrected chi connectivity index (χ1v) is 8.19. The molecule has 1 fully saturated rings. The highest BCUT2D eigenvalue weighted by Gasteiger charge is 2.21. The van der Waals surface area contributed by atoms with Crippen LogP contribution in [0.2, 0.25) is 0 Å². The Morgan fingerprint density at radius 2 is 1.79 bits per heavy atom. The van der Waals surface area contributed by atoms with Crippen LogP contribution in [0.3, 0.4) is 0 Å². The molecule has 1 saturated heterocycles. The molecule has 0 aromatic rings. The highest BCUT2D eigenvalue weighted by Crippen LogP contribution is 2.31. The normalized spacial score (nSPS) is 18.7. The van der Waals surface area contributed by atoms with Crippen LogP contribution in [0.1, 0.15) is 72.1 Å². The van der Waals surface area contributed by atoms with Gasteiger partial charge in [0.25, 0.3) is 0 Å². The molecule has 2 heteroatoms. The summed E-state index contributed by atoms with van der Waals surface area (Å²) in [5.74, 6) is 1.16. The summed E-state index contributed by atoms with van der Waals surface area (Å²) in [6, 6.07) is 0. The fourth-order valence-electron chi connectivity index (χ4n) is 3.01. The first-order chi connectivity index (χ1) is 8.99. The molecule has 0 atom stereocenters. The Balaban J connectivity index is 2.18. The summed E-state index contributed by atoms with van der Waals surface area (Å²) < 4.78 is 0. The van der Waals surface area contributed by atoms with E-state index in [9.17, 15) is 4.79 Å². The number of ketones is 1. The lowest BCUT2D eigenvalue weighted by Crippen LogP contribution is -2.31. The third kappa shape index (κ3) is 6.07. The van der Waals surface area contributed by atoms with Gasteiger partial charge in [0.15, 0.2) is 0 Å². The van der Waals surface area contributed by atoms with Crippen molar-refractivity contribution >= 4 is 5.78 Å². The first kappa shape index (κ1) is 16.7. The minimum Gasteiger partial charge on any atom is -0.306 e. The van der Waals surface area contributed by atoms with E-state index in [-0.39, 0.29) is 0 Å². The average Bonchev–Trinajstić information content (AvgIpc) is 2.41. The van der Waals surface area contributed by atoms with Crippen LogP contribution >= 0.6 is 0 Å². The van der Waals surface area contributed by atoms with Crippen molar-refractivity contribution in [2.45, 2.75) is 72.1 Å². The predicted octanol–water partition coefficient (Wildman–Crippen LogP) is 4.28. The number of hydrogen-bond donors (Lipinski definition) is 0. The summed E-state index contributed by atoms with van der Waals surface area (Å²) >= 11 is 0. The molecule has 0 aromatic carbocycles. The van der Waals surface area contributed by atoms with Gasteiger partial charge in [-0.25, -0.2) is 0 Å². The van der Waals surface area contributed by atoms with E-state index in [0.717, 1.165) is 19.3 Å². The lowest BCUT2D eigenvalue weighted by molar-refractivity contribution is -0.120. The summed E-state index contributed by atoms with van der Waals surface area (Å²) in [6.07, 6.45) is 8.82. The molecule has 0 N–H and O–H groups in total. The molecule has 0 saturated carbocycles. The Morgan fingerprint density at radius 3 is 2.32 bits per heavy atom. The van der Waals surface area contributed by atoms with E-state index in [1.165, 1.54) is 45.2 Å². The highest BCUT2D eigenvalue weighted by atomic mass is 16.1. The van der Waals surface area contributed by atoms with E-state index in [2.05, 4.69) is 32.7 Å². The van der Waals surface area contributed by atoms with Gasteiger partial charge < -0.3 is 4.90 Å². The summed E-state index contributed by atoms with van der Waals surface area (Å²) in [4.78, 5) is 14.4. The van der Waals surface area contributed by atoms with Gasteiger partial charge >= 0.3 is 0 Å². The molecule has 0 spiro atoms. The van der Waals surface area contributed by atoms with Crippen LogP contribution in [0, 0.1) is 11.3 Å². The Hall–Kier alpha value is -0.370. The van der Waals surface area contributed by atoms with Crippen molar-refractivity contribution in [1.29, 1.82) is 0 Å². The molecule has 0 bridgehead atoms. The van der Waals surface area contributed by atoms with Gasteiger partial charge in [0.2, 0.25) is 0 Å². The maximum absolute atomic E-state index is 12.0. The zero-order valence-corrected chi connectivity index (χ0v) is 13.5. The van der Waals surface area contributed by atoms with Gasteiger partial charge in [0.1, 0.15) is 5.78 Å². The molecule has 0 unspecified atom stereocenters. The molecule has 1 rings (SSSR count). The quantitative estimate of drug-likeness (QED) is 0.654. The standard InChI is InChI=1S/C17H33NO/c1-5-17(3,6-2)11-7-8-16(19)14-15-9-12-18(4)13-10-15/h15H,5-14H2,1-4H3. The smallest absolute Gasteiger partial charge is 0.133 e. The van der Waals surface area contributed by atoms with Crippen LogP contribution in [0.5, 0.6) is 0 Å². The van der Waals surface area contributed by atoms with Crippen LogP contribution in [0.4, 0.5) is 0 Å². The molecule has 0 amide bonds. The third-order valence-corrected chi connectivity index (χ3v) is 5.30. The number of rotatable bonds is 8. The Labute approximate surface area is 119 Å². The zero-order chi connectivity index (χ0) is 14.3. The molecule has 112 valence electrons. The second kappa shape index (κ2) is 8.04. The highest BCUT2D eigenvalue weighted by molar-refractivity contribution is 5.78. The first-order valence-electron chi connectivity index (χ1n) is 8.19. The topological polar surface area (TPSA) is 20.3 Å². The van der Waals surface area contributed by atoms with E-state index in [1.54, 1.807) is 0 Å².